The summed E-state index contributed by atoms with van der Waals surface area (Å²) in [4.78, 5) is 48.4. The molecule has 1 aliphatic heterocycles. The highest BCUT2D eigenvalue weighted by Gasteiger charge is 2.59. The van der Waals surface area contributed by atoms with E-state index in [0.29, 0.717) is 48.1 Å². The summed E-state index contributed by atoms with van der Waals surface area (Å²) in [5.41, 5.74) is 7.96. The molecule has 0 bridgehead atoms. The number of likely N-dealkylation sites (tertiary alicyclic amines) is 1. The van der Waals surface area contributed by atoms with E-state index in [9.17, 15) is 9.59 Å². The molecule has 0 spiro atoms. The minimum absolute atomic E-state index is 0.0308. The lowest BCUT2D eigenvalue weighted by Gasteiger charge is -2.40. The van der Waals surface area contributed by atoms with Crippen molar-refractivity contribution in [1.82, 2.24) is 29.5 Å². The van der Waals surface area contributed by atoms with Gasteiger partial charge in [0, 0.05) is 25.4 Å². The van der Waals surface area contributed by atoms with Crippen LogP contribution in [0.1, 0.15) is 45.9 Å². The quantitative estimate of drug-likeness (QED) is 0.490. The zero-order valence-corrected chi connectivity index (χ0v) is 20.6. The summed E-state index contributed by atoms with van der Waals surface area (Å²) in [7, 11) is 0. The molecular formula is C24H32N9O2+. The van der Waals surface area contributed by atoms with Crippen LogP contribution in [0.25, 0.3) is 22.6 Å². The van der Waals surface area contributed by atoms with Crippen molar-refractivity contribution in [2.75, 3.05) is 11.9 Å². The Morgan fingerprint density at radius 3 is 2.51 bits per heavy atom. The monoisotopic (exact) mass is 478 g/mol. The van der Waals surface area contributed by atoms with Crippen molar-refractivity contribution in [3.05, 3.63) is 24.5 Å². The molecule has 11 heteroatoms. The van der Waals surface area contributed by atoms with Crippen LogP contribution in [0.3, 0.4) is 0 Å². The lowest BCUT2D eigenvalue weighted by atomic mass is 10.1. The summed E-state index contributed by atoms with van der Waals surface area (Å²) in [6.07, 6.45) is 7.26. The maximum Gasteiger partial charge on any atom is 0.317 e. The zero-order valence-electron chi connectivity index (χ0n) is 20.6. The molecule has 1 aliphatic carbocycles. The maximum atomic E-state index is 13.4. The van der Waals surface area contributed by atoms with Crippen LogP contribution < -0.4 is 11.1 Å². The SMILES string of the molecule is CCn1c(-c2cnc(C)nc2)nc2c(NC3C[C@H](C(N)=O)[N+](C(=O)C4CC4)(C(C)C)C3)ncnc21. The van der Waals surface area contributed by atoms with Crippen molar-refractivity contribution in [3.8, 4) is 11.4 Å². The molecule has 35 heavy (non-hydrogen) atoms. The number of hydrogen-bond donors (Lipinski definition) is 2. The lowest BCUT2D eigenvalue weighted by Crippen LogP contribution is -2.64. The van der Waals surface area contributed by atoms with Crippen LogP contribution in [0.5, 0.6) is 0 Å². The second-order valence-electron chi connectivity index (χ2n) is 9.91. The van der Waals surface area contributed by atoms with Gasteiger partial charge in [0.15, 0.2) is 23.0 Å². The van der Waals surface area contributed by atoms with E-state index in [2.05, 4.69) is 25.3 Å². The molecule has 3 aromatic rings. The number of aryl methyl sites for hydroxylation is 2. The summed E-state index contributed by atoms with van der Waals surface area (Å²) >= 11 is 0. The summed E-state index contributed by atoms with van der Waals surface area (Å²) in [5.74, 6) is 1.71. The highest BCUT2D eigenvalue weighted by atomic mass is 16.2. The Bertz CT molecular complexity index is 1280. The lowest BCUT2D eigenvalue weighted by molar-refractivity contribution is -0.879. The minimum Gasteiger partial charge on any atom is -0.364 e. The number of primary amides is 1. The topological polar surface area (TPSA) is 142 Å². The fourth-order valence-electron chi connectivity index (χ4n) is 5.47. The van der Waals surface area contributed by atoms with E-state index in [1.54, 1.807) is 12.4 Å². The molecule has 1 saturated heterocycles. The van der Waals surface area contributed by atoms with Crippen LogP contribution in [0, 0.1) is 12.8 Å². The molecule has 11 nitrogen and oxygen atoms in total. The molecule has 0 aromatic carbocycles. The van der Waals surface area contributed by atoms with E-state index in [4.69, 9.17) is 10.7 Å². The number of imidazole rings is 1. The third kappa shape index (κ3) is 3.83. The number of aromatic nitrogens is 6. The Labute approximate surface area is 203 Å². The van der Waals surface area contributed by atoms with Gasteiger partial charge in [-0.3, -0.25) is 4.79 Å². The predicted octanol–water partition coefficient (Wildman–Crippen LogP) is 1.81. The molecule has 184 valence electrons. The summed E-state index contributed by atoms with van der Waals surface area (Å²) in [5, 5.41) is 3.48. The third-order valence-electron chi connectivity index (χ3n) is 7.40. The van der Waals surface area contributed by atoms with Crippen LogP contribution in [0.15, 0.2) is 18.7 Å². The molecule has 1 saturated carbocycles. The van der Waals surface area contributed by atoms with Crippen LogP contribution in [-0.2, 0) is 16.1 Å². The molecule has 2 amide bonds. The van der Waals surface area contributed by atoms with E-state index in [1.165, 1.54) is 6.33 Å². The normalized spacial score (nSPS) is 24.3. The van der Waals surface area contributed by atoms with Gasteiger partial charge >= 0.3 is 5.91 Å². The number of carbonyl (C=O) groups excluding carboxylic acids is 2. The molecule has 2 unspecified atom stereocenters. The Balaban J connectivity index is 1.51. The van der Waals surface area contributed by atoms with E-state index in [-0.39, 0.29) is 28.4 Å². The van der Waals surface area contributed by atoms with Crippen LogP contribution in [-0.4, -0.2) is 70.5 Å². The number of amides is 2. The number of hydrogen-bond acceptors (Lipinski definition) is 8. The third-order valence-corrected chi connectivity index (χ3v) is 7.40. The Kier molecular flexibility index (Phi) is 5.74. The molecule has 4 heterocycles. The van der Waals surface area contributed by atoms with Crippen LogP contribution in [0.4, 0.5) is 5.82 Å². The van der Waals surface area contributed by atoms with E-state index >= 15 is 0 Å². The minimum atomic E-state index is -0.564. The smallest absolute Gasteiger partial charge is 0.317 e. The van der Waals surface area contributed by atoms with E-state index in [1.807, 2.05) is 32.3 Å². The summed E-state index contributed by atoms with van der Waals surface area (Å²) in [6.45, 7) is 9.01. The van der Waals surface area contributed by atoms with Gasteiger partial charge in [-0.1, -0.05) is 0 Å². The van der Waals surface area contributed by atoms with Gasteiger partial charge in [0.05, 0.1) is 23.6 Å². The highest BCUT2D eigenvalue weighted by molar-refractivity contribution is 5.87. The number of nitrogens with one attached hydrogen (secondary N) is 1. The molecule has 3 atom stereocenters. The van der Waals surface area contributed by atoms with Crippen molar-refractivity contribution in [2.45, 2.75) is 71.6 Å². The number of fused-ring (bicyclic) bond motifs is 1. The Morgan fingerprint density at radius 1 is 1.20 bits per heavy atom. The zero-order chi connectivity index (χ0) is 24.9. The Morgan fingerprint density at radius 2 is 1.91 bits per heavy atom. The molecule has 3 N–H and O–H groups in total. The van der Waals surface area contributed by atoms with Gasteiger partial charge in [0.2, 0.25) is 0 Å². The van der Waals surface area contributed by atoms with Gasteiger partial charge in [-0.15, -0.1) is 0 Å². The average molecular weight is 479 g/mol. The van der Waals surface area contributed by atoms with Gasteiger partial charge < -0.3 is 15.6 Å². The number of rotatable bonds is 7. The van der Waals surface area contributed by atoms with Gasteiger partial charge in [0.1, 0.15) is 24.5 Å². The number of quaternary nitrogens is 1. The first kappa shape index (κ1) is 23.3. The average Bonchev–Trinajstić information content (AvgIpc) is 3.50. The van der Waals surface area contributed by atoms with Crippen LogP contribution >= 0.6 is 0 Å². The molecule has 3 aromatic heterocycles. The Hall–Kier alpha value is -3.47. The van der Waals surface area contributed by atoms with Crippen molar-refractivity contribution in [2.24, 2.45) is 11.7 Å². The van der Waals surface area contributed by atoms with Crippen molar-refractivity contribution >= 4 is 28.8 Å². The second kappa shape index (κ2) is 8.63. The molecule has 5 rings (SSSR count). The van der Waals surface area contributed by atoms with Crippen molar-refractivity contribution in [1.29, 1.82) is 0 Å². The standard InChI is InChI=1S/C24H31N9O2/c1-5-32-22(16-9-26-14(4)27-10-16)31-19-21(28-12-29-23(19)32)30-17-8-18(20(25)34)33(11-17,13(2)3)24(35)15-6-7-15/h9-10,12-13,15,17-18H,5-8,11H2,1-4H3,(H2-,25,28,29,30,34)/p+1/t17?,18-,33?/m1/s1. The van der Waals surface area contributed by atoms with Crippen LogP contribution in [0.2, 0.25) is 0 Å². The number of carbonyl (C=O) groups is 2. The molecular weight excluding hydrogens is 446 g/mol. The summed E-state index contributed by atoms with van der Waals surface area (Å²) < 4.78 is 2.10. The van der Waals surface area contributed by atoms with E-state index < -0.39 is 11.9 Å². The maximum absolute atomic E-state index is 13.4. The summed E-state index contributed by atoms with van der Waals surface area (Å²) in [6, 6.07) is -0.773. The predicted molar refractivity (Wildman–Crippen MR) is 130 cm³/mol. The molecule has 2 fully saturated rings. The van der Waals surface area contributed by atoms with Crippen molar-refractivity contribution in [3.63, 3.8) is 0 Å². The highest BCUT2D eigenvalue weighted by Crippen LogP contribution is 2.41. The first-order chi connectivity index (χ1) is 16.8. The largest absolute Gasteiger partial charge is 0.364 e. The van der Waals surface area contributed by atoms with Gasteiger partial charge in [-0.05, 0) is 40.5 Å². The van der Waals surface area contributed by atoms with Gasteiger partial charge in [0.25, 0.3) is 5.91 Å². The first-order valence-corrected chi connectivity index (χ1v) is 12.2. The first-order valence-electron chi connectivity index (χ1n) is 12.2. The van der Waals surface area contributed by atoms with E-state index in [0.717, 1.165) is 18.4 Å². The number of anilines is 1. The molecule has 2 aliphatic rings. The van der Waals surface area contributed by atoms with Gasteiger partial charge in [-0.2, -0.15) is 0 Å². The second-order valence-corrected chi connectivity index (χ2v) is 9.91. The molecule has 0 radical (unpaired) electrons. The van der Waals surface area contributed by atoms with Gasteiger partial charge in [-0.25, -0.2) is 34.2 Å². The fraction of sp³-hybridized carbons (Fsp3) is 0.542. The number of nitrogens with two attached hydrogens (primary N) is 1. The van der Waals surface area contributed by atoms with Crippen molar-refractivity contribution < 1.29 is 14.1 Å². The number of nitrogens with zero attached hydrogens (tertiary/aromatic N) is 7. The fourth-order valence-corrected chi connectivity index (χ4v) is 5.47.